The topological polar surface area (TPSA) is 122 Å². The third-order valence-corrected chi connectivity index (χ3v) is 4.62. The maximum Gasteiger partial charge on any atom is 0.408 e. The van der Waals surface area contributed by atoms with Crippen LogP contribution in [-0.4, -0.2) is 59.2 Å². The summed E-state index contributed by atoms with van der Waals surface area (Å²) >= 11 is 0. The molecule has 28 heavy (non-hydrogen) atoms. The number of carboxylic acids is 1. The fraction of sp³-hybridized carbons (Fsp3) is 0.474. The monoisotopic (exact) mass is 411 g/mol. The van der Waals surface area contributed by atoms with Crippen molar-refractivity contribution in [1.82, 2.24) is 10.6 Å². The number of ketones is 1. The van der Waals surface area contributed by atoms with Crippen molar-refractivity contribution >= 4 is 34.6 Å². The van der Waals surface area contributed by atoms with Crippen LogP contribution in [0.3, 0.4) is 0 Å². The second kappa shape index (κ2) is 12.0. The standard InChI is InChI=1S/C19H26N2O6S/c1-13(20-19(26)27-11-14-7-5-4-6-8-14)17(23)21-16(18(24)25)10-9-15(22)12-28(2)3/h4-8,13,16H,9-12H2,1-3H3,(H2-,20,21,23,24,25,26)/p+1. The smallest absolute Gasteiger partial charge is 0.408 e. The molecular weight excluding hydrogens is 384 g/mol. The molecule has 1 rings (SSSR count). The Bertz CT molecular complexity index is 680. The van der Waals surface area contributed by atoms with Crippen LogP contribution in [0.2, 0.25) is 0 Å². The number of carbonyl (C=O) groups excluding carboxylic acids is 3. The lowest BCUT2D eigenvalue weighted by Crippen LogP contribution is -2.50. The van der Waals surface area contributed by atoms with Gasteiger partial charge in [-0.25, -0.2) is 9.59 Å². The normalized spacial score (nSPS) is 12.7. The van der Waals surface area contributed by atoms with E-state index in [-0.39, 0.29) is 36.1 Å². The molecule has 0 aromatic heterocycles. The first-order valence-corrected chi connectivity index (χ1v) is 11.0. The van der Waals surface area contributed by atoms with Gasteiger partial charge in [-0.2, -0.15) is 0 Å². The van der Waals surface area contributed by atoms with Crippen molar-refractivity contribution in [3.63, 3.8) is 0 Å². The summed E-state index contributed by atoms with van der Waals surface area (Å²) in [7, 11) is -0.0577. The molecule has 0 fully saturated rings. The minimum atomic E-state index is -1.23. The van der Waals surface area contributed by atoms with Crippen LogP contribution in [-0.2, 0) is 36.6 Å². The molecule has 2 atom stereocenters. The summed E-state index contributed by atoms with van der Waals surface area (Å²) in [6.45, 7) is 1.47. The maximum absolute atomic E-state index is 12.2. The van der Waals surface area contributed by atoms with Gasteiger partial charge in [0, 0.05) is 6.42 Å². The van der Waals surface area contributed by atoms with Gasteiger partial charge in [0.2, 0.25) is 5.91 Å². The number of carboxylic acid groups (broad SMARTS) is 1. The van der Waals surface area contributed by atoms with Crippen molar-refractivity contribution in [2.24, 2.45) is 0 Å². The molecule has 2 amide bonds. The summed E-state index contributed by atoms with van der Waals surface area (Å²) in [6, 6.07) is 6.86. The molecule has 8 nitrogen and oxygen atoms in total. The van der Waals surface area contributed by atoms with Crippen LogP contribution in [0.4, 0.5) is 4.79 Å². The zero-order valence-corrected chi connectivity index (χ0v) is 17.1. The number of amides is 2. The van der Waals surface area contributed by atoms with Crippen LogP contribution < -0.4 is 10.6 Å². The number of Topliss-reactive ketones (excluding diaryl/α,β-unsaturated/α-hetero) is 1. The van der Waals surface area contributed by atoms with E-state index in [1.54, 1.807) is 12.1 Å². The number of hydrogen-bond donors (Lipinski definition) is 3. The van der Waals surface area contributed by atoms with Crippen LogP contribution in [0.5, 0.6) is 0 Å². The molecule has 0 bridgehead atoms. The average molecular weight is 412 g/mol. The number of hydrogen-bond acceptors (Lipinski definition) is 5. The van der Waals surface area contributed by atoms with E-state index >= 15 is 0 Å². The first kappa shape index (κ1) is 23.5. The molecule has 0 aliphatic heterocycles. The van der Waals surface area contributed by atoms with Crippen molar-refractivity contribution in [1.29, 1.82) is 0 Å². The molecule has 1 aromatic carbocycles. The zero-order valence-electron chi connectivity index (χ0n) is 16.3. The summed E-state index contributed by atoms with van der Waals surface area (Å²) in [5.74, 6) is -1.54. The minimum absolute atomic E-state index is 0.00226. The molecular formula is C19H27N2O6S+. The fourth-order valence-electron chi connectivity index (χ4n) is 2.26. The molecule has 1 aromatic rings. The van der Waals surface area contributed by atoms with Gasteiger partial charge in [-0.05, 0) is 29.8 Å². The number of rotatable bonds is 11. The molecule has 0 aliphatic carbocycles. The molecule has 0 spiro atoms. The zero-order chi connectivity index (χ0) is 21.1. The number of carbonyl (C=O) groups is 4. The highest BCUT2D eigenvalue weighted by atomic mass is 32.2. The van der Waals surface area contributed by atoms with Crippen molar-refractivity contribution in [3.05, 3.63) is 35.9 Å². The largest absolute Gasteiger partial charge is 0.480 e. The molecule has 2 unspecified atom stereocenters. The number of alkyl carbamates (subject to hydrolysis) is 1. The van der Waals surface area contributed by atoms with Gasteiger partial charge in [0.05, 0.1) is 12.5 Å². The maximum atomic E-state index is 12.2. The van der Waals surface area contributed by atoms with E-state index in [0.717, 1.165) is 5.56 Å². The second-order valence-corrected chi connectivity index (χ2v) is 8.79. The Morgan fingerprint density at radius 3 is 2.32 bits per heavy atom. The van der Waals surface area contributed by atoms with Crippen LogP contribution in [0.1, 0.15) is 25.3 Å². The van der Waals surface area contributed by atoms with Gasteiger partial charge in [-0.1, -0.05) is 30.3 Å². The summed E-state index contributed by atoms with van der Waals surface area (Å²) in [6.07, 6.45) is 3.15. The van der Waals surface area contributed by atoms with E-state index in [9.17, 15) is 24.3 Å². The van der Waals surface area contributed by atoms with Crippen LogP contribution in [0.25, 0.3) is 0 Å². The van der Waals surface area contributed by atoms with Crippen LogP contribution in [0.15, 0.2) is 30.3 Å². The van der Waals surface area contributed by atoms with Gasteiger partial charge in [-0.3, -0.25) is 9.59 Å². The number of aliphatic carboxylic acids is 1. The summed E-state index contributed by atoms with van der Waals surface area (Å²) < 4.78 is 5.03. The molecule has 0 saturated carbocycles. The van der Waals surface area contributed by atoms with Crippen molar-refractivity contribution in [2.45, 2.75) is 38.5 Å². The lowest BCUT2D eigenvalue weighted by Gasteiger charge is -2.18. The molecule has 0 radical (unpaired) electrons. The van der Waals surface area contributed by atoms with E-state index in [2.05, 4.69) is 10.6 Å². The molecule has 3 N–H and O–H groups in total. The number of benzene rings is 1. The molecule has 0 aliphatic rings. The van der Waals surface area contributed by atoms with E-state index < -0.39 is 30.1 Å². The highest BCUT2D eigenvalue weighted by Gasteiger charge is 2.25. The Morgan fingerprint density at radius 2 is 1.75 bits per heavy atom. The van der Waals surface area contributed by atoms with Gasteiger partial charge in [-0.15, -0.1) is 0 Å². The van der Waals surface area contributed by atoms with Gasteiger partial charge < -0.3 is 20.5 Å². The minimum Gasteiger partial charge on any atom is -0.480 e. The van der Waals surface area contributed by atoms with E-state index in [0.29, 0.717) is 5.75 Å². The summed E-state index contributed by atoms with van der Waals surface area (Å²) in [5.41, 5.74) is 0.798. The summed E-state index contributed by atoms with van der Waals surface area (Å²) in [5, 5.41) is 14.0. The van der Waals surface area contributed by atoms with Crippen molar-refractivity contribution in [2.75, 3.05) is 18.3 Å². The lowest BCUT2D eigenvalue weighted by molar-refractivity contribution is -0.142. The first-order chi connectivity index (χ1) is 13.2. The van der Waals surface area contributed by atoms with E-state index in [1.165, 1.54) is 6.92 Å². The average Bonchev–Trinajstić information content (AvgIpc) is 2.63. The predicted molar refractivity (Wildman–Crippen MR) is 107 cm³/mol. The second-order valence-electron chi connectivity index (χ2n) is 6.53. The number of nitrogens with one attached hydrogen (secondary N) is 2. The predicted octanol–water partition coefficient (Wildman–Crippen LogP) is 1.10. The number of ether oxygens (including phenoxy) is 1. The van der Waals surface area contributed by atoms with E-state index in [4.69, 9.17) is 4.74 Å². The third-order valence-electron chi connectivity index (χ3n) is 3.72. The Labute approximate surface area is 167 Å². The molecule has 9 heteroatoms. The Kier molecular flexibility index (Phi) is 10.1. The Morgan fingerprint density at radius 1 is 1.11 bits per heavy atom. The van der Waals surface area contributed by atoms with Crippen molar-refractivity contribution in [3.8, 4) is 0 Å². The van der Waals surface area contributed by atoms with Crippen LogP contribution >= 0.6 is 0 Å². The fourth-order valence-corrected chi connectivity index (χ4v) is 3.05. The van der Waals surface area contributed by atoms with Gasteiger partial charge in [0.25, 0.3) is 0 Å². The van der Waals surface area contributed by atoms with Gasteiger partial charge in [0.15, 0.2) is 11.5 Å². The first-order valence-electron chi connectivity index (χ1n) is 8.75. The Hall–Kier alpha value is -2.55. The Balaban J connectivity index is 2.45. The summed E-state index contributed by atoms with van der Waals surface area (Å²) in [4.78, 5) is 47.1. The molecule has 154 valence electrons. The lowest BCUT2D eigenvalue weighted by atomic mass is 10.1. The highest BCUT2D eigenvalue weighted by molar-refractivity contribution is 7.96. The molecule has 0 heterocycles. The van der Waals surface area contributed by atoms with Gasteiger partial charge in [0.1, 0.15) is 18.7 Å². The van der Waals surface area contributed by atoms with Crippen molar-refractivity contribution < 1.29 is 29.0 Å². The SMILES string of the molecule is CC(NC(=O)OCc1ccccc1)C(=O)NC(CCC(=O)C[S+](C)C)C(=O)O. The third kappa shape index (κ3) is 9.40. The molecule has 0 saturated heterocycles. The highest BCUT2D eigenvalue weighted by Crippen LogP contribution is 2.03. The van der Waals surface area contributed by atoms with Crippen LogP contribution in [0, 0.1) is 0 Å². The van der Waals surface area contributed by atoms with Gasteiger partial charge >= 0.3 is 12.1 Å². The van der Waals surface area contributed by atoms with E-state index in [1.807, 2.05) is 30.7 Å². The quantitative estimate of drug-likeness (QED) is 0.469.